The maximum absolute atomic E-state index is 12.4. The summed E-state index contributed by atoms with van der Waals surface area (Å²) in [5.74, 6) is -1.16. The van der Waals surface area contributed by atoms with Crippen LogP contribution in [0.5, 0.6) is 0 Å². The maximum atomic E-state index is 12.4. The predicted molar refractivity (Wildman–Crippen MR) is 82.1 cm³/mol. The number of nitrogens with zero attached hydrogens (tertiary/aromatic N) is 1. The van der Waals surface area contributed by atoms with Crippen LogP contribution in [-0.2, 0) is 14.8 Å². The van der Waals surface area contributed by atoms with Crippen molar-refractivity contribution in [2.75, 3.05) is 27.3 Å². The maximum Gasteiger partial charge on any atom is 0.336 e. The van der Waals surface area contributed by atoms with Crippen molar-refractivity contribution in [3.8, 4) is 0 Å². The highest BCUT2D eigenvalue weighted by molar-refractivity contribution is 9.10. The molecular formula is C13H18BrNO5S. The molecule has 0 heterocycles. The molecule has 0 saturated heterocycles. The Kier molecular flexibility index (Phi) is 6.33. The third-order valence-corrected chi connectivity index (χ3v) is 5.74. The third-order valence-electron chi connectivity index (χ3n) is 3.08. The molecule has 1 aromatic rings. The lowest BCUT2D eigenvalue weighted by Gasteiger charge is -2.18. The van der Waals surface area contributed by atoms with Crippen molar-refractivity contribution in [2.45, 2.75) is 18.2 Å². The number of carbonyl (C=O) groups is 1. The number of rotatable bonds is 7. The minimum Gasteiger partial charge on any atom is -0.478 e. The molecule has 0 spiro atoms. The Hall–Kier alpha value is -0.960. The van der Waals surface area contributed by atoms with Crippen molar-refractivity contribution in [1.29, 1.82) is 0 Å². The average molecular weight is 380 g/mol. The molecule has 1 rings (SSSR count). The first-order valence-corrected chi connectivity index (χ1v) is 8.43. The molecule has 0 saturated carbocycles. The number of ether oxygens (including phenoxy) is 1. The number of sulfonamides is 1. The molecular weight excluding hydrogens is 362 g/mol. The smallest absolute Gasteiger partial charge is 0.336 e. The normalized spacial score (nSPS) is 11.9. The summed E-state index contributed by atoms with van der Waals surface area (Å²) in [7, 11) is -0.726. The van der Waals surface area contributed by atoms with Gasteiger partial charge >= 0.3 is 5.97 Å². The topological polar surface area (TPSA) is 83.9 Å². The average Bonchev–Trinajstić information content (AvgIpc) is 2.41. The molecule has 8 heteroatoms. The molecule has 0 aliphatic heterocycles. The highest BCUT2D eigenvalue weighted by atomic mass is 79.9. The minimum atomic E-state index is -3.73. The molecule has 0 amide bonds. The minimum absolute atomic E-state index is 0.0340. The van der Waals surface area contributed by atoms with E-state index in [0.29, 0.717) is 29.6 Å². The zero-order valence-electron chi connectivity index (χ0n) is 12.1. The number of hydrogen-bond acceptors (Lipinski definition) is 4. The van der Waals surface area contributed by atoms with Gasteiger partial charge in [-0.05, 0) is 31.0 Å². The van der Waals surface area contributed by atoms with Crippen LogP contribution in [-0.4, -0.2) is 51.1 Å². The summed E-state index contributed by atoms with van der Waals surface area (Å²) < 4.78 is 31.4. The van der Waals surface area contributed by atoms with Gasteiger partial charge in [-0.3, -0.25) is 0 Å². The molecule has 21 heavy (non-hydrogen) atoms. The van der Waals surface area contributed by atoms with E-state index < -0.39 is 16.0 Å². The second-order valence-electron chi connectivity index (χ2n) is 4.56. The van der Waals surface area contributed by atoms with Crippen molar-refractivity contribution in [1.82, 2.24) is 4.31 Å². The highest BCUT2D eigenvalue weighted by Crippen LogP contribution is 2.26. The molecule has 6 nitrogen and oxygen atoms in total. The van der Waals surface area contributed by atoms with Crippen LogP contribution in [0.3, 0.4) is 0 Å². The van der Waals surface area contributed by atoms with Gasteiger partial charge in [0.2, 0.25) is 10.0 Å². The van der Waals surface area contributed by atoms with E-state index in [2.05, 4.69) is 15.9 Å². The lowest BCUT2D eigenvalue weighted by atomic mass is 10.1. The van der Waals surface area contributed by atoms with Gasteiger partial charge in [-0.15, -0.1) is 0 Å². The Morgan fingerprint density at radius 1 is 1.43 bits per heavy atom. The molecule has 0 fully saturated rings. The molecule has 1 aromatic carbocycles. The number of carboxylic acid groups (broad SMARTS) is 1. The van der Waals surface area contributed by atoms with Gasteiger partial charge in [-0.1, -0.05) is 15.9 Å². The molecule has 0 bridgehead atoms. The first-order chi connectivity index (χ1) is 9.71. The Morgan fingerprint density at radius 2 is 2.05 bits per heavy atom. The fourth-order valence-corrected chi connectivity index (χ4v) is 3.63. The molecule has 118 valence electrons. The summed E-state index contributed by atoms with van der Waals surface area (Å²) in [4.78, 5) is 11.1. The van der Waals surface area contributed by atoms with Gasteiger partial charge in [-0.25, -0.2) is 17.5 Å². The third kappa shape index (κ3) is 4.26. The number of halogens is 1. The van der Waals surface area contributed by atoms with E-state index in [1.165, 1.54) is 23.5 Å². The Labute approximate surface area is 132 Å². The Balaban J connectivity index is 3.17. The summed E-state index contributed by atoms with van der Waals surface area (Å²) in [6, 6.07) is 2.61. The van der Waals surface area contributed by atoms with E-state index in [1.54, 1.807) is 14.0 Å². The van der Waals surface area contributed by atoms with Gasteiger partial charge in [0.25, 0.3) is 0 Å². The second kappa shape index (κ2) is 7.35. The highest BCUT2D eigenvalue weighted by Gasteiger charge is 2.23. The molecule has 0 aromatic heterocycles. The first-order valence-electron chi connectivity index (χ1n) is 6.20. The van der Waals surface area contributed by atoms with Gasteiger partial charge in [0.05, 0.1) is 10.5 Å². The van der Waals surface area contributed by atoms with Crippen LogP contribution in [0.4, 0.5) is 0 Å². The molecule has 0 atom stereocenters. The lowest BCUT2D eigenvalue weighted by molar-refractivity contribution is 0.0695. The molecule has 0 unspecified atom stereocenters. The lowest BCUT2D eigenvalue weighted by Crippen LogP contribution is -2.29. The van der Waals surface area contributed by atoms with E-state index in [4.69, 9.17) is 9.84 Å². The summed E-state index contributed by atoms with van der Waals surface area (Å²) in [6.07, 6.45) is 0.561. The van der Waals surface area contributed by atoms with Crippen LogP contribution in [0, 0.1) is 6.92 Å². The summed E-state index contributed by atoms with van der Waals surface area (Å²) >= 11 is 3.20. The zero-order valence-corrected chi connectivity index (χ0v) is 14.5. The number of aromatic carboxylic acids is 1. The van der Waals surface area contributed by atoms with E-state index in [1.807, 2.05) is 0 Å². The predicted octanol–water partition coefficient (Wildman–Crippen LogP) is 2.11. The van der Waals surface area contributed by atoms with E-state index in [0.717, 1.165) is 0 Å². The quantitative estimate of drug-likeness (QED) is 0.733. The van der Waals surface area contributed by atoms with Crippen LogP contribution in [0.1, 0.15) is 22.3 Å². The van der Waals surface area contributed by atoms with Crippen molar-refractivity contribution in [3.63, 3.8) is 0 Å². The monoisotopic (exact) mass is 379 g/mol. The molecule has 1 N–H and O–H groups in total. The number of methoxy groups -OCH3 is 1. The van der Waals surface area contributed by atoms with Crippen LogP contribution in [0.15, 0.2) is 21.5 Å². The fraction of sp³-hybridized carbons (Fsp3) is 0.462. The summed E-state index contributed by atoms with van der Waals surface area (Å²) in [6.45, 7) is 2.37. The van der Waals surface area contributed by atoms with E-state index >= 15 is 0 Å². The van der Waals surface area contributed by atoms with Crippen molar-refractivity contribution >= 4 is 31.9 Å². The van der Waals surface area contributed by atoms with Crippen LogP contribution < -0.4 is 0 Å². The Bertz CT molecular complexity index is 630. The molecule has 0 radical (unpaired) electrons. The second-order valence-corrected chi connectivity index (χ2v) is 7.45. The van der Waals surface area contributed by atoms with Gasteiger partial charge in [0.15, 0.2) is 0 Å². The zero-order chi connectivity index (χ0) is 16.2. The largest absolute Gasteiger partial charge is 0.478 e. The standard InChI is InChI=1S/C13H18BrNO5S/c1-9-11(13(16)17)7-10(8-12(9)14)21(18,19)15(2)5-4-6-20-3/h7-8H,4-6H2,1-3H3,(H,16,17). The number of carboxylic acids is 1. The van der Waals surface area contributed by atoms with Crippen LogP contribution in [0.2, 0.25) is 0 Å². The van der Waals surface area contributed by atoms with Gasteiger partial charge in [0, 0.05) is 31.8 Å². The van der Waals surface area contributed by atoms with Gasteiger partial charge in [0.1, 0.15) is 0 Å². The van der Waals surface area contributed by atoms with E-state index in [9.17, 15) is 13.2 Å². The SMILES string of the molecule is COCCCN(C)S(=O)(=O)c1cc(Br)c(C)c(C(=O)O)c1. The summed E-state index contributed by atoms with van der Waals surface area (Å²) in [5.41, 5.74) is 0.455. The van der Waals surface area contributed by atoms with Gasteiger partial charge in [-0.2, -0.15) is 0 Å². The molecule has 0 aliphatic rings. The molecule has 0 aliphatic carbocycles. The van der Waals surface area contributed by atoms with E-state index in [-0.39, 0.29) is 10.5 Å². The first kappa shape index (κ1) is 18.1. The van der Waals surface area contributed by atoms with Crippen molar-refractivity contribution < 1.29 is 23.1 Å². The Morgan fingerprint density at radius 3 is 2.57 bits per heavy atom. The number of hydrogen-bond donors (Lipinski definition) is 1. The summed E-state index contributed by atoms with van der Waals surface area (Å²) in [5, 5.41) is 9.15. The van der Waals surface area contributed by atoms with Crippen LogP contribution in [0.25, 0.3) is 0 Å². The van der Waals surface area contributed by atoms with Gasteiger partial charge < -0.3 is 9.84 Å². The van der Waals surface area contributed by atoms with Crippen molar-refractivity contribution in [3.05, 3.63) is 27.7 Å². The van der Waals surface area contributed by atoms with Crippen LogP contribution >= 0.6 is 15.9 Å². The number of benzene rings is 1. The van der Waals surface area contributed by atoms with Crippen molar-refractivity contribution in [2.24, 2.45) is 0 Å². The fourth-order valence-electron chi connectivity index (χ4n) is 1.76.